The van der Waals surface area contributed by atoms with E-state index in [0.29, 0.717) is 57.4 Å². The number of alkyl halides is 6. The van der Waals surface area contributed by atoms with Crippen LogP contribution in [0.15, 0.2) is 89.0 Å². The number of hydrogen-bond donors (Lipinski definition) is 2. The Morgan fingerprint density at radius 2 is 1.49 bits per heavy atom. The Labute approximate surface area is 266 Å². The summed E-state index contributed by atoms with van der Waals surface area (Å²) in [6.07, 6.45) is -7.29. The monoisotopic (exact) mass is 664 g/mol. The van der Waals surface area contributed by atoms with Crippen LogP contribution in [0.1, 0.15) is 18.2 Å². The van der Waals surface area contributed by atoms with Gasteiger partial charge >= 0.3 is 12.4 Å². The number of pyridine rings is 2. The highest BCUT2D eigenvalue weighted by Crippen LogP contribution is 2.37. The molecule has 2 aromatic heterocycles. The van der Waals surface area contributed by atoms with Gasteiger partial charge in [0.15, 0.2) is 0 Å². The van der Waals surface area contributed by atoms with Crippen LogP contribution in [0, 0.1) is 0 Å². The van der Waals surface area contributed by atoms with Crippen molar-refractivity contribution in [3.05, 3.63) is 111 Å². The van der Waals surface area contributed by atoms with Crippen LogP contribution in [0.5, 0.6) is 0 Å². The van der Waals surface area contributed by atoms with E-state index in [2.05, 4.69) is 23.1 Å². The van der Waals surface area contributed by atoms with E-state index in [0.717, 1.165) is 18.2 Å². The number of aromatic nitrogens is 2. The molecule has 0 saturated carbocycles. The summed E-state index contributed by atoms with van der Waals surface area (Å²) in [6, 6.07) is 11.1. The molecule has 252 valence electrons. The third-order valence-corrected chi connectivity index (χ3v) is 7.55. The zero-order chi connectivity index (χ0) is 34.4. The summed E-state index contributed by atoms with van der Waals surface area (Å²) in [5.41, 5.74) is -1.50. The molecule has 2 aliphatic rings. The van der Waals surface area contributed by atoms with Gasteiger partial charge in [0, 0.05) is 60.3 Å². The van der Waals surface area contributed by atoms with Crippen molar-refractivity contribution in [2.75, 3.05) is 55.9 Å². The normalized spacial score (nSPS) is 17.7. The third-order valence-electron chi connectivity index (χ3n) is 7.55. The molecule has 4 heterocycles. The van der Waals surface area contributed by atoms with Gasteiger partial charge in [-0.1, -0.05) is 43.5 Å². The van der Waals surface area contributed by atoms with Crippen LogP contribution in [0.3, 0.4) is 0 Å². The molecular formula is C33H34F6N4O4. The highest BCUT2D eigenvalue weighted by Gasteiger charge is 2.35. The quantitative estimate of drug-likeness (QED) is 0.242. The molecule has 2 aliphatic heterocycles. The lowest BCUT2D eigenvalue weighted by molar-refractivity contribution is -0.137. The predicted molar refractivity (Wildman–Crippen MR) is 169 cm³/mol. The van der Waals surface area contributed by atoms with Crippen molar-refractivity contribution in [1.82, 2.24) is 9.97 Å². The maximum Gasteiger partial charge on any atom is 0.417 e. The number of hydrogen-bond acceptors (Lipinski definition) is 6. The zero-order valence-corrected chi connectivity index (χ0v) is 25.5. The lowest BCUT2D eigenvalue weighted by Crippen LogP contribution is -2.44. The largest absolute Gasteiger partial charge is 0.417 e. The minimum atomic E-state index is -4.59. The number of allylic oxidation sites excluding steroid dienone is 4. The number of rotatable bonds is 6. The summed E-state index contributed by atoms with van der Waals surface area (Å²) >= 11 is 0. The molecule has 1 aromatic carbocycles. The van der Waals surface area contributed by atoms with E-state index in [9.17, 15) is 35.9 Å². The Morgan fingerprint density at radius 3 is 2.11 bits per heavy atom. The Balaban J connectivity index is 0.000000213. The van der Waals surface area contributed by atoms with Gasteiger partial charge in [-0.3, -0.25) is 9.59 Å². The van der Waals surface area contributed by atoms with Crippen LogP contribution >= 0.6 is 0 Å². The molecule has 2 saturated heterocycles. The van der Waals surface area contributed by atoms with Crippen LogP contribution in [0.4, 0.5) is 37.7 Å². The van der Waals surface area contributed by atoms with Crippen LogP contribution in [-0.2, 0) is 15.7 Å². The first-order valence-corrected chi connectivity index (χ1v) is 14.6. The average molecular weight is 665 g/mol. The molecule has 47 heavy (non-hydrogen) atoms. The SMILES string of the molecule is C=C/C(=C(\C=C)C(F)(F)F)c1cc(N2CCOCC2)cc(=O)[nH]1.CC1COCCN1c1cc(-c2ccccc2C(F)(F)F)[nH]c(=O)c1. The van der Waals surface area contributed by atoms with Gasteiger partial charge in [-0.15, -0.1) is 0 Å². The van der Waals surface area contributed by atoms with E-state index in [1.807, 2.05) is 16.7 Å². The van der Waals surface area contributed by atoms with Crippen molar-refractivity contribution in [3.8, 4) is 11.3 Å². The van der Waals surface area contributed by atoms with E-state index < -0.39 is 34.6 Å². The van der Waals surface area contributed by atoms with E-state index >= 15 is 0 Å². The third kappa shape index (κ3) is 8.83. The first kappa shape index (κ1) is 35.3. The van der Waals surface area contributed by atoms with Gasteiger partial charge in [0.05, 0.1) is 49.0 Å². The van der Waals surface area contributed by atoms with Gasteiger partial charge < -0.3 is 29.2 Å². The van der Waals surface area contributed by atoms with E-state index in [1.165, 1.54) is 36.4 Å². The van der Waals surface area contributed by atoms with Crippen LogP contribution in [0.2, 0.25) is 0 Å². The Kier molecular flexibility index (Phi) is 11.2. The highest BCUT2D eigenvalue weighted by atomic mass is 19.4. The van der Waals surface area contributed by atoms with Crippen molar-refractivity contribution >= 4 is 16.9 Å². The molecule has 8 nitrogen and oxygen atoms in total. The molecule has 0 radical (unpaired) electrons. The van der Waals surface area contributed by atoms with Crippen molar-refractivity contribution in [1.29, 1.82) is 0 Å². The smallest absolute Gasteiger partial charge is 0.378 e. The predicted octanol–water partition coefficient (Wildman–Crippen LogP) is 6.19. The molecule has 5 rings (SSSR count). The minimum Gasteiger partial charge on any atom is -0.378 e. The number of anilines is 2. The molecule has 0 bridgehead atoms. The van der Waals surface area contributed by atoms with Crippen molar-refractivity contribution in [2.45, 2.75) is 25.3 Å². The first-order chi connectivity index (χ1) is 22.2. The molecule has 0 aliphatic carbocycles. The van der Waals surface area contributed by atoms with Gasteiger partial charge in [-0.05, 0) is 25.1 Å². The minimum absolute atomic E-state index is 0.0372. The standard InChI is InChI=1S/C17H17F3N2O2.C16H17F3N2O2/c1-11-10-24-7-6-22(11)12-8-15(21-16(23)9-12)13-4-2-3-5-14(13)17(18,19)20;1-3-12(13(4-2)16(17,18)19)14-9-11(10-15(22)20-14)21-5-7-23-8-6-21/h2-5,8-9,11H,6-7,10H2,1H3,(H,21,23);3-4,9-10H,1-2,5-8H2,(H,20,22)/b;13-12-. The second kappa shape index (κ2) is 14.9. The molecule has 0 spiro atoms. The number of nitrogens with one attached hydrogen (secondary N) is 2. The summed E-state index contributed by atoms with van der Waals surface area (Å²) in [6.45, 7) is 12.4. The number of morpholine rings is 2. The van der Waals surface area contributed by atoms with E-state index in [4.69, 9.17) is 9.47 Å². The lowest BCUT2D eigenvalue weighted by atomic mass is 10.0. The second-order valence-corrected chi connectivity index (χ2v) is 10.7. The number of benzene rings is 1. The van der Waals surface area contributed by atoms with Crippen molar-refractivity contribution in [3.63, 3.8) is 0 Å². The molecule has 2 N–H and O–H groups in total. The zero-order valence-electron chi connectivity index (χ0n) is 25.5. The highest BCUT2D eigenvalue weighted by molar-refractivity contribution is 5.78. The number of ether oxygens (including phenoxy) is 2. The number of nitrogens with zero attached hydrogens (tertiary/aromatic N) is 2. The maximum atomic E-state index is 13.2. The summed E-state index contributed by atoms with van der Waals surface area (Å²) in [7, 11) is 0. The van der Waals surface area contributed by atoms with E-state index in [-0.39, 0.29) is 28.6 Å². The van der Waals surface area contributed by atoms with Crippen LogP contribution < -0.4 is 20.9 Å². The summed E-state index contributed by atoms with van der Waals surface area (Å²) < 4.78 is 89.6. The molecule has 1 atom stereocenters. The molecule has 1 unspecified atom stereocenters. The Morgan fingerprint density at radius 1 is 0.851 bits per heavy atom. The Bertz CT molecular complexity index is 1720. The summed E-state index contributed by atoms with van der Waals surface area (Å²) in [5.74, 6) is 0. The second-order valence-electron chi connectivity index (χ2n) is 10.7. The van der Waals surface area contributed by atoms with Gasteiger partial charge in [-0.25, -0.2) is 0 Å². The summed E-state index contributed by atoms with van der Waals surface area (Å²) in [4.78, 5) is 32.7. The summed E-state index contributed by atoms with van der Waals surface area (Å²) in [5, 5.41) is 0. The average Bonchev–Trinajstić information content (AvgIpc) is 3.03. The van der Waals surface area contributed by atoms with E-state index in [1.54, 1.807) is 6.07 Å². The van der Waals surface area contributed by atoms with Gasteiger partial charge in [0.25, 0.3) is 0 Å². The first-order valence-electron chi connectivity index (χ1n) is 14.6. The van der Waals surface area contributed by atoms with Gasteiger partial charge in [0.1, 0.15) is 0 Å². The topological polar surface area (TPSA) is 90.7 Å². The van der Waals surface area contributed by atoms with Gasteiger partial charge in [-0.2, -0.15) is 26.3 Å². The van der Waals surface area contributed by atoms with Crippen molar-refractivity contribution < 1.29 is 35.8 Å². The maximum absolute atomic E-state index is 13.2. The fraction of sp³-hybridized carbons (Fsp3) is 0.333. The lowest BCUT2D eigenvalue weighted by Gasteiger charge is -2.35. The molecule has 3 aromatic rings. The van der Waals surface area contributed by atoms with Crippen molar-refractivity contribution in [2.24, 2.45) is 0 Å². The van der Waals surface area contributed by atoms with Gasteiger partial charge in [0.2, 0.25) is 11.1 Å². The Hall–Kier alpha value is -4.56. The molecule has 2 fully saturated rings. The number of aromatic amines is 2. The fourth-order valence-corrected chi connectivity index (χ4v) is 5.34. The van der Waals surface area contributed by atoms with Crippen LogP contribution in [-0.4, -0.2) is 68.2 Å². The van der Waals surface area contributed by atoms with Crippen LogP contribution in [0.25, 0.3) is 16.8 Å². The number of H-pyrrole nitrogens is 2. The number of halogens is 6. The molecular weight excluding hydrogens is 630 g/mol. The fourth-order valence-electron chi connectivity index (χ4n) is 5.34. The molecule has 14 heteroatoms. The molecule has 0 amide bonds.